The maximum absolute atomic E-state index is 9.80. The van der Waals surface area contributed by atoms with Gasteiger partial charge in [0.25, 0.3) is 0 Å². The smallest absolute Gasteiger partial charge is 0.0928 e. The highest BCUT2D eigenvalue weighted by Crippen LogP contribution is 2.21. The summed E-state index contributed by atoms with van der Waals surface area (Å²) < 4.78 is 0. The molecular formula is C11H16ClNO. The van der Waals surface area contributed by atoms with Gasteiger partial charge in [0, 0.05) is 23.2 Å². The summed E-state index contributed by atoms with van der Waals surface area (Å²) in [7, 11) is 0. The zero-order chi connectivity index (χ0) is 10.6. The standard InChI is InChI=1S/C11H16ClNO/c1-8(2)13-7-11(14)9-5-3-4-6-10(9)12/h3-6,8,11,13-14H,7H2,1-2H3. The van der Waals surface area contributed by atoms with Gasteiger partial charge < -0.3 is 10.4 Å². The van der Waals surface area contributed by atoms with Gasteiger partial charge in [-0.2, -0.15) is 0 Å². The highest BCUT2D eigenvalue weighted by atomic mass is 35.5. The number of halogens is 1. The van der Waals surface area contributed by atoms with Crippen molar-refractivity contribution in [1.29, 1.82) is 0 Å². The molecule has 0 aliphatic carbocycles. The minimum absolute atomic E-state index is 0.368. The summed E-state index contributed by atoms with van der Waals surface area (Å²) in [5.41, 5.74) is 0.780. The molecule has 0 heterocycles. The predicted molar refractivity (Wildman–Crippen MR) is 59.6 cm³/mol. The summed E-state index contributed by atoms with van der Waals surface area (Å²) in [6.45, 7) is 4.61. The number of rotatable bonds is 4. The molecule has 0 saturated heterocycles. The molecule has 2 nitrogen and oxygen atoms in total. The van der Waals surface area contributed by atoms with E-state index in [2.05, 4.69) is 5.32 Å². The van der Waals surface area contributed by atoms with E-state index >= 15 is 0 Å². The van der Waals surface area contributed by atoms with Crippen molar-refractivity contribution in [3.05, 3.63) is 34.9 Å². The molecule has 0 fully saturated rings. The van der Waals surface area contributed by atoms with Gasteiger partial charge in [-0.05, 0) is 6.07 Å². The molecule has 78 valence electrons. The molecule has 1 atom stereocenters. The van der Waals surface area contributed by atoms with E-state index in [0.717, 1.165) is 5.56 Å². The third kappa shape index (κ3) is 3.29. The molecule has 0 saturated carbocycles. The van der Waals surface area contributed by atoms with Gasteiger partial charge in [-0.25, -0.2) is 0 Å². The van der Waals surface area contributed by atoms with Crippen LogP contribution in [0, 0.1) is 0 Å². The lowest BCUT2D eigenvalue weighted by atomic mass is 10.1. The molecule has 3 heteroatoms. The minimum Gasteiger partial charge on any atom is -0.387 e. The lowest BCUT2D eigenvalue weighted by Crippen LogP contribution is -2.27. The van der Waals surface area contributed by atoms with E-state index in [1.807, 2.05) is 32.0 Å². The van der Waals surface area contributed by atoms with Crippen molar-refractivity contribution in [1.82, 2.24) is 5.32 Å². The molecule has 1 rings (SSSR count). The van der Waals surface area contributed by atoms with Crippen LogP contribution in [0.5, 0.6) is 0 Å². The Bertz CT molecular complexity index is 288. The number of benzene rings is 1. The first-order valence-electron chi connectivity index (χ1n) is 4.77. The number of aliphatic hydroxyl groups is 1. The second-order valence-corrected chi connectivity index (χ2v) is 4.01. The maximum atomic E-state index is 9.80. The third-order valence-electron chi connectivity index (χ3n) is 1.98. The molecule has 0 aliphatic rings. The molecule has 0 amide bonds. The molecule has 1 aromatic rings. The second kappa shape index (κ2) is 5.35. The van der Waals surface area contributed by atoms with Crippen LogP contribution in [-0.4, -0.2) is 17.7 Å². The van der Waals surface area contributed by atoms with Crippen LogP contribution in [0.1, 0.15) is 25.5 Å². The Kier molecular flexibility index (Phi) is 4.39. The lowest BCUT2D eigenvalue weighted by Gasteiger charge is -2.15. The lowest BCUT2D eigenvalue weighted by molar-refractivity contribution is 0.171. The van der Waals surface area contributed by atoms with Gasteiger partial charge in [-0.3, -0.25) is 0 Å². The van der Waals surface area contributed by atoms with Gasteiger partial charge in [-0.15, -0.1) is 0 Å². The first-order valence-corrected chi connectivity index (χ1v) is 5.15. The molecule has 1 aromatic carbocycles. The SMILES string of the molecule is CC(C)NCC(O)c1ccccc1Cl. The van der Waals surface area contributed by atoms with E-state index in [0.29, 0.717) is 17.6 Å². The highest BCUT2D eigenvalue weighted by molar-refractivity contribution is 6.31. The van der Waals surface area contributed by atoms with E-state index in [4.69, 9.17) is 11.6 Å². The molecule has 0 spiro atoms. The van der Waals surface area contributed by atoms with Crippen LogP contribution >= 0.6 is 11.6 Å². The normalized spacial score (nSPS) is 13.2. The Hall–Kier alpha value is -0.570. The van der Waals surface area contributed by atoms with Gasteiger partial charge in [0.1, 0.15) is 0 Å². The van der Waals surface area contributed by atoms with Crippen molar-refractivity contribution < 1.29 is 5.11 Å². The van der Waals surface area contributed by atoms with Crippen molar-refractivity contribution in [3.63, 3.8) is 0 Å². The summed E-state index contributed by atoms with van der Waals surface area (Å²) >= 11 is 5.95. The fraction of sp³-hybridized carbons (Fsp3) is 0.455. The predicted octanol–water partition coefficient (Wildman–Crippen LogP) is 2.37. The zero-order valence-corrected chi connectivity index (χ0v) is 9.25. The van der Waals surface area contributed by atoms with Crippen LogP contribution in [0.3, 0.4) is 0 Å². The average molecular weight is 214 g/mol. The van der Waals surface area contributed by atoms with E-state index < -0.39 is 6.10 Å². The first-order chi connectivity index (χ1) is 6.61. The molecule has 2 N–H and O–H groups in total. The first kappa shape index (κ1) is 11.5. The second-order valence-electron chi connectivity index (χ2n) is 3.60. The Morgan fingerprint density at radius 1 is 1.36 bits per heavy atom. The largest absolute Gasteiger partial charge is 0.387 e. The zero-order valence-electron chi connectivity index (χ0n) is 8.50. The van der Waals surface area contributed by atoms with Crippen LogP contribution in [0.25, 0.3) is 0 Å². The summed E-state index contributed by atoms with van der Waals surface area (Å²) in [5.74, 6) is 0. The Morgan fingerprint density at radius 3 is 2.57 bits per heavy atom. The van der Waals surface area contributed by atoms with Crippen molar-refractivity contribution in [2.75, 3.05) is 6.54 Å². The summed E-state index contributed by atoms with van der Waals surface area (Å²) in [4.78, 5) is 0. The van der Waals surface area contributed by atoms with Crippen molar-refractivity contribution in [3.8, 4) is 0 Å². The minimum atomic E-state index is -0.536. The summed E-state index contributed by atoms with van der Waals surface area (Å²) in [5, 5.41) is 13.6. The fourth-order valence-electron chi connectivity index (χ4n) is 1.20. The van der Waals surface area contributed by atoms with Crippen LogP contribution in [0.15, 0.2) is 24.3 Å². The highest BCUT2D eigenvalue weighted by Gasteiger charge is 2.10. The summed E-state index contributed by atoms with van der Waals surface area (Å²) in [6.07, 6.45) is -0.536. The van der Waals surface area contributed by atoms with Crippen LogP contribution < -0.4 is 5.32 Å². The number of hydrogen-bond acceptors (Lipinski definition) is 2. The molecule has 0 radical (unpaired) electrons. The Balaban J connectivity index is 2.60. The molecule has 0 bridgehead atoms. The number of nitrogens with one attached hydrogen (secondary N) is 1. The van der Waals surface area contributed by atoms with Gasteiger partial charge in [0.2, 0.25) is 0 Å². The third-order valence-corrected chi connectivity index (χ3v) is 2.33. The molecule has 14 heavy (non-hydrogen) atoms. The van der Waals surface area contributed by atoms with Crippen molar-refractivity contribution in [2.45, 2.75) is 26.0 Å². The number of hydrogen-bond donors (Lipinski definition) is 2. The van der Waals surface area contributed by atoms with E-state index in [1.54, 1.807) is 6.07 Å². The quantitative estimate of drug-likeness (QED) is 0.805. The van der Waals surface area contributed by atoms with Gasteiger partial charge in [-0.1, -0.05) is 43.6 Å². The molecule has 1 unspecified atom stereocenters. The van der Waals surface area contributed by atoms with Gasteiger partial charge in [0.05, 0.1) is 6.10 Å². The van der Waals surface area contributed by atoms with E-state index in [9.17, 15) is 5.11 Å². The van der Waals surface area contributed by atoms with Crippen molar-refractivity contribution in [2.24, 2.45) is 0 Å². The van der Waals surface area contributed by atoms with Crippen LogP contribution in [-0.2, 0) is 0 Å². The molecular weight excluding hydrogens is 198 g/mol. The van der Waals surface area contributed by atoms with Gasteiger partial charge >= 0.3 is 0 Å². The summed E-state index contributed by atoms with van der Waals surface area (Å²) in [6, 6.07) is 7.73. The average Bonchev–Trinajstić information content (AvgIpc) is 2.15. The van der Waals surface area contributed by atoms with Crippen LogP contribution in [0.2, 0.25) is 5.02 Å². The monoisotopic (exact) mass is 213 g/mol. The van der Waals surface area contributed by atoms with Gasteiger partial charge in [0.15, 0.2) is 0 Å². The van der Waals surface area contributed by atoms with Crippen LogP contribution in [0.4, 0.5) is 0 Å². The number of aliphatic hydroxyl groups excluding tert-OH is 1. The Morgan fingerprint density at radius 2 is 2.00 bits per heavy atom. The fourth-order valence-corrected chi connectivity index (χ4v) is 1.46. The van der Waals surface area contributed by atoms with E-state index in [1.165, 1.54) is 0 Å². The molecule has 0 aliphatic heterocycles. The Labute approximate surface area is 89.9 Å². The van der Waals surface area contributed by atoms with E-state index in [-0.39, 0.29) is 0 Å². The maximum Gasteiger partial charge on any atom is 0.0928 e. The topological polar surface area (TPSA) is 32.3 Å². The molecule has 0 aromatic heterocycles. The van der Waals surface area contributed by atoms with Crippen molar-refractivity contribution >= 4 is 11.6 Å².